The molecule has 0 bridgehead atoms. The van der Waals surface area contributed by atoms with E-state index in [4.69, 9.17) is 0 Å². The molecular weight excluding hydrogens is 263 g/mol. The molecule has 0 aliphatic carbocycles. The average molecular weight is 278 g/mol. The molecule has 0 saturated heterocycles. The number of fused-ring (bicyclic) bond motifs is 1. The van der Waals surface area contributed by atoms with Crippen molar-refractivity contribution in [2.45, 2.75) is 13.8 Å². The first-order chi connectivity index (χ1) is 10.1. The van der Waals surface area contributed by atoms with Gasteiger partial charge in [0.15, 0.2) is 5.78 Å². The van der Waals surface area contributed by atoms with Crippen LogP contribution in [0.5, 0.6) is 0 Å². The van der Waals surface area contributed by atoms with Gasteiger partial charge in [0.1, 0.15) is 5.82 Å². The van der Waals surface area contributed by atoms with Crippen molar-refractivity contribution in [3.8, 4) is 0 Å². The van der Waals surface area contributed by atoms with Gasteiger partial charge in [0.25, 0.3) is 0 Å². The molecule has 0 aliphatic rings. The van der Waals surface area contributed by atoms with Crippen molar-refractivity contribution in [3.63, 3.8) is 0 Å². The molecule has 21 heavy (non-hydrogen) atoms. The molecule has 0 saturated carbocycles. The predicted octanol–water partition coefficient (Wildman–Crippen LogP) is 4.83. The summed E-state index contributed by atoms with van der Waals surface area (Å²) < 4.78 is 13.7. The second-order valence-electron chi connectivity index (χ2n) is 5.28. The first-order valence-electron chi connectivity index (χ1n) is 6.87. The molecule has 104 valence electrons. The quantitative estimate of drug-likeness (QED) is 0.614. The Hall–Kier alpha value is -2.48. The maximum atomic E-state index is 13.7. The number of benzene rings is 3. The highest BCUT2D eigenvalue weighted by molar-refractivity contribution is 6.16. The topological polar surface area (TPSA) is 17.1 Å². The first kappa shape index (κ1) is 13.5. The molecule has 3 aromatic carbocycles. The van der Waals surface area contributed by atoms with Crippen molar-refractivity contribution < 1.29 is 9.18 Å². The number of ketones is 1. The molecule has 0 aliphatic heterocycles. The number of hydrogen-bond donors (Lipinski definition) is 0. The largest absolute Gasteiger partial charge is 0.289 e. The summed E-state index contributed by atoms with van der Waals surface area (Å²) in [7, 11) is 0. The van der Waals surface area contributed by atoms with Crippen LogP contribution in [-0.4, -0.2) is 5.78 Å². The van der Waals surface area contributed by atoms with Crippen LogP contribution in [0.1, 0.15) is 27.0 Å². The number of halogens is 1. The summed E-state index contributed by atoms with van der Waals surface area (Å²) in [6, 6.07) is 16.7. The number of aryl methyl sites for hydroxylation is 2. The fraction of sp³-hybridized carbons (Fsp3) is 0.105. The van der Waals surface area contributed by atoms with Gasteiger partial charge in [0.05, 0.1) is 0 Å². The van der Waals surface area contributed by atoms with Gasteiger partial charge in [-0.2, -0.15) is 0 Å². The minimum atomic E-state index is -0.246. The van der Waals surface area contributed by atoms with Gasteiger partial charge in [-0.1, -0.05) is 42.5 Å². The van der Waals surface area contributed by atoms with Crippen LogP contribution in [0.25, 0.3) is 10.8 Å². The van der Waals surface area contributed by atoms with E-state index in [-0.39, 0.29) is 11.6 Å². The van der Waals surface area contributed by atoms with Crippen molar-refractivity contribution >= 4 is 16.6 Å². The van der Waals surface area contributed by atoms with Gasteiger partial charge in [-0.15, -0.1) is 0 Å². The van der Waals surface area contributed by atoms with Crippen LogP contribution < -0.4 is 0 Å². The van der Waals surface area contributed by atoms with E-state index in [9.17, 15) is 9.18 Å². The predicted molar refractivity (Wildman–Crippen MR) is 83.3 cm³/mol. The van der Waals surface area contributed by atoms with E-state index in [1.54, 1.807) is 26.0 Å². The van der Waals surface area contributed by atoms with Crippen molar-refractivity contribution in [2.24, 2.45) is 0 Å². The van der Waals surface area contributed by atoms with Crippen LogP contribution in [-0.2, 0) is 0 Å². The van der Waals surface area contributed by atoms with Gasteiger partial charge in [-0.05, 0) is 47.9 Å². The highest BCUT2D eigenvalue weighted by Crippen LogP contribution is 2.23. The lowest BCUT2D eigenvalue weighted by Gasteiger charge is -2.08. The molecule has 3 aromatic rings. The highest BCUT2D eigenvalue weighted by atomic mass is 19.1. The number of carbonyl (C=O) groups is 1. The van der Waals surface area contributed by atoms with Crippen LogP contribution in [0.4, 0.5) is 4.39 Å². The Morgan fingerprint density at radius 2 is 1.52 bits per heavy atom. The van der Waals surface area contributed by atoms with E-state index in [0.717, 1.165) is 10.8 Å². The van der Waals surface area contributed by atoms with Crippen LogP contribution in [0.3, 0.4) is 0 Å². The Labute approximate surface area is 123 Å². The summed E-state index contributed by atoms with van der Waals surface area (Å²) in [4.78, 5) is 12.8. The summed E-state index contributed by atoms with van der Waals surface area (Å²) >= 11 is 0. The van der Waals surface area contributed by atoms with Crippen LogP contribution in [0.2, 0.25) is 0 Å². The van der Waals surface area contributed by atoms with Crippen molar-refractivity contribution in [2.75, 3.05) is 0 Å². The molecular formula is C19H15FO. The Balaban J connectivity index is 2.17. The first-order valence-corrected chi connectivity index (χ1v) is 6.87. The molecule has 0 unspecified atom stereocenters. The summed E-state index contributed by atoms with van der Waals surface area (Å²) in [6.07, 6.45) is 0. The van der Waals surface area contributed by atoms with Gasteiger partial charge in [0, 0.05) is 11.1 Å². The van der Waals surface area contributed by atoms with Crippen molar-refractivity contribution in [3.05, 3.63) is 82.7 Å². The zero-order chi connectivity index (χ0) is 15.0. The molecule has 0 atom stereocenters. The average Bonchev–Trinajstić information content (AvgIpc) is 2.51. The maximum absolute atomic E-state index is 13.7. The maximum Gasteiger partial charge on any atom is 0.193 e. The molecule has 0 amide bonds. The van der Waals surface area contributed by atoms with E-state index in [1.807, 2.05) is 42.5 Å². The van der Waals surface area contributed by atoms with Gasteiger partial charge in [0.2, 0.25) is 0 Å². The highest BCUT2D eigenvalue weighted by Gasteiger charge is 2.14. The Bertz CT molecular complexity index is 821. The fourth-order valence-corrected chi connectivity index (χ4v) is 2.66. The molecule has 0 aromatic heterocycles. The summed E-state index contributed by atoms with van der Waals surface area (Å²) in [5.41, 5.74) is 2.18. The summed E-state index contributed by atoms with van der Waals surface area (Å²) in [6.45, 7) is 3.37. The molecule has 1 nitrogen and oxygen atoms in total. The molecule has 0 N–H and O–H groups in total. The number of hydrogen-bond acceptors (Lipinski definition) is 1. The normalized spacial score (nSPS) is 10.8. The molecule has 2 heteroatoms. The van der Waals surface area contributed by atoms with Gasteiger partial charge >= 0.3 is 0 Å². The third kappa shape index (κ3) is 2.33. The second kappa shape index (κ2) is 5.13. The Morgan fingerprint density at radius 3 is 2.24 bits per heavy atom. The SMILES string of the molecule is Cc1cc(C(=O)c2cccc3ccccc23)cc(C)c1F. The third-order valence-corrected chi connectivity index (χ3v) is 3.73. The van der Waals surface area contributed by atoms with E-state index >= 15 is 0 Å². The molecule has 0 spiro atoms. The van der Waals surface area contributed by atoms with E-state index < -0.39 is 0 Å². The monoisotopic (exact) mass is 278 g/mol. The van der Waals surface area contributed by atoms with Gasteiger partial charge in [-0.25, -0.2) is 4.39 Å². The van der Waals surface area contributed by atoms with Crippen molar-refractivity contribution in [1.29, 1.82) is 0 Å². The molecule has 0 fully saturated rings. The number of carbonyl (C=O) groups excluding carboxylic acids is 1. The lowest BCUT2D eigenvalue weighted by Crippen LogP contribution is -2.04. The minimum absolute atomic E-state index is 0.0713. The third-order valence-electron chi connectivity index (χ3n) is 3.73. The summed E-state index contributed by atoms with van der Waals surface area (Å²) in [5, 5.41) is 1.95. The second-order valence-corrected chi connectivity index (χ2v) is 5.28. The molecule has 0 radical (unpaired) electrons. The smallest absolute Gasteiger partial charge is 0.193 e. The zero-order valence-corrected chi connectivity index (χ0v) is 12.0. The zero-order valence-electron chi connectivity index (χ0n) is 12.0. The van der Waals surface area contributed by atoms with E-state index in [2.05, 4.69) is 0 Å². The van der Waals surface area contributed by atoms with E-state index in [1.165, 1.54) is 0 Å². The van der Waals surface area contributed by atoms with Gasteiger partial charge < -0.3 is 0 Å². The Kier molecular flexibility index (Phi) is 3.30. The fourth-order valence-electron chi connectivity index (χ4n) is 2.66. The lowest BCUT2D eigenvalue weighted by molar-refractivity contribution is 0.104. The standard InChI is InChI=1S/C19H15FO/c1-12-10-15(11-13(2)18(12)20)19(21)17-9-5-7-14-6-3-4-8-16(14)17/h3-11H,1-2H3. The van der Waals surface area contributed by atoms with E-state index in [0.29, 0.717) is 22.3 Å². The van der Waals surface area contributed by atoms with Crippen LogP contribution >= 0.6 is 0 Å². The van der Waals surface area contributed by atoms with Crippen LogP contribution in [0.15, 0.2) is 54.6 Å². The van der Waals surface area contributed by atoms with Crippen LogP contribution in [0, 0.1) is 19.7 Å². The minimum Gasteiger partial charge on any atom is -0.289 e. The van der Waals surface area contributed by atoms with Crippen molar-refractivity contribution in [1.82, 2.24) is 0 Å². The summed E-state index contributed by atoms with van der Waals surface area (Å²) in [5.74, 6) is -0.317. The molecule has 0 heterocycles. The molecule has 3 rings (SSSR count). The van der Waals surface area contributed by atoms with Gasteiger partial charge in [-0.3, -0.25) is 4.79 Å². The lowest BCUT2D eigenvalue weighted by atomic mass is 9.95. The number of rotatable bonds is 2. The Morgan fingerprint density at radius 1 is 0.905 bits per heavy atom.